The molecular weight excluding hydrogens is 370 g/mol. The lowest BCUT2D eigenvalue weighted by Crippen LogP contribution is -2.41. The smallest absolute Gasteiger partial charge is 0.254 e. The van der Waals surface area contributed by atoms with Gasteiger partial charge in [-0.25, -0.2) is 4.98 Å². The van der Waals surface area contributed by atoms with Gasteiger partial charge in [0.1, 0.15) is 5.82 Å². The Kier molecular flexibility index (Phi) is 5.20. The third-order valence-electron chi connectivity index (χ3n) is 5.28. The number of nitrogens with zero attached hydrogens (tertiary/aromatic N) is 3. The summed E-state index contributed by atoms with van der Waals surface area (Å²) >= 11 is 0. The van der Waals surface area contributed by atoms with Crippen LogP contribution in [0.15, 0.2) is 30.5 Å². The van der Waals surface area contributed by atoms with Crippen molar-refractivity contribution in [3.63, 3.8) is 0 Å². The quantitative estimate of drug-likeness (QED) is 0.558. The molecule has 1 atom stereocenters. The second kappa shape index (κ2) is 7.94. The van der Waals surface area contributed by atoms with E-state index in [0.29, 0.717) is 24.4 Å². The van der Waals surface area contributed by atoms with Gasteiger partial charge in [-0.15, -0.1) is 0 Å². The van der Waals surface area contributed by atoms with Gasteiger partial charge in [-0.3, -0.25) is 9.59 Å². The van der Waals surface area contributed by atoms with Gasteiger partial charge < -0.3 is 27.0 Å². The van der Waals surface area contributed by atoms with Crippen LogP contribution in [0.1, 0.15) is 36.0 Å². The van der Waals surface area contributed by atoms with Crippen LogP contribution in [0.4, 0.5) is 23.1 Å². The maximum Gasteiger partial charge on any atom is 0.254 e. The van der Waals surface area contributed by atoms with E-state index in [1.807, 2.05) is 24.3 Å². The van der Waals surface area contributed by atoms with Gasteiger partial charge in [-0.05, 0) is 49.9 Å². The van der Waals surface area contributed by atoms with Crippen LogP contribution in [0.5, 0.6) is 0 Å². The second-order valence-corrected chi connectivity index (χ2v) is 7.60. The maximum atomic E-state index is 11.6. The van der Waals surface area contributed by atoms with Crippen LogP contribution in [-0.2, 0) is 4.79 Å². The van der Waals surface area contributed by atoms with E-state index >= 15 is 0 Å². The highest BCUT2D eigenvalue weighted by Crippen LogP contribution is 2.27. The van der Waals surface area contributed by atoms with Crippen LogP contribution in [0, 0.1) is 5.92 Å². The number of piperidine rings is 1. The van der Waals surface area contributed by atoms with E-state index in [1.165, 1.54) is 6.20 Å². The van der Waals surface area contributed by atoms with Gasteiger partial charge in [0, 0.05) is 36.7 Å². The molecule has 1 saturated carbocycles. The average Bonchev–Trinajstić information content (AvgIpc) is 3.53. The molecule has 1 aliphatic carbocycles. The van der Waals surface area contributed by atoms with Crippen LogP contribution in [-0.4, -0.2) is 40.9 Å². The fourth-order valence-electron chi connectivity index (χ4n) is 3.48. The number of carbonyl (C=O) groups is 2. The molecule has 152 valence electrons. The van der Waals surface area contributed by atoms with E-state index in [2.05, 4.69) is 25.5 Å². The number of rotatable bonds is 7. The molecule has 1 aromatic heterocycles. The van der Waals surface area contributed by atoms with Crippen molar-refractivity contribution in [1.29, 1.82) is 0 Å². The van der Waals surface area contributed by atoms with Crippen LogP contribution >= 0.6 is 0 Å². The summed E-state index contributed by atoms with van der Waals surface area (Å²) < 4.78 is 0. The fraction of sp³-hybridized carbons (Fsp3) is 0.400. The Hall–Kier alpha value is -3.36. The molecule has 6 N–H and O–H groups in total. The van der Waals surface area contributed by atoms with Crippen molar-refractivity contribution in [2.45, 2.75) is 31.7 Å². The minimum atomic E-state index is -0.556. The first-order valence-electron chi connectivity index (χ1n) is 9.84. The molecule has 0 radical (unpaired) electrons. The van der Waals surface area contributed by atoms with Gasteiger partial charge in [0.15, 0.2) is 0 Å². The van der Waals surface area contributed by atoms with Gasteiger partial charge >= 0.3 is 0 Å². The van der Waals surface area contributed by atoms with Crippen molar-refractivity contribution in [2.24, 2.45) is 17.4 Å². The van der Waals surface area contributed by atoms with Gasteiger partial charge in [0.05, 0.1) is 11.5 Å². The molecule has 1 aliphatic heterocycles. The monoisotopic (exact) mass is 395 g/mol. The number of anilines is 4. The Labute approximate surface area is 168 Å². The highest BCUT2D eigenvalue weighted by atomic mass is 16.1. The van der Waals surface area contributed by atoms with E-state index < -0.39 is 5.91 Å². The highest BCUT2D eigenvalue weighted by molar-refractivity contribution is 5.97. The summed E-state index contributed by atoms with van der Waals surface area (Å²) in [6.07, 6.45) is 5.35. The third-order valence-corrected chi connectivity index (χ3v) is 5.28. The number of amides is 2. The van der Waals surface area contributed by atoms with Gasteiger partial charge in [-0.2, -0.15) is 4.98 Å². The van der Waals surface area contributed by atoms with Crippen molar-refractivity contribution in [3.8, 4) is 0 Å². The molecule has 1 aromatic carbocycles. The Morgan fingerprint density at radius 1 is 1.10 bits per heavy atom. The number of primary amides is 2. The Balaban J connectivity index is 1.46. The molecule has 2 aromatic rings. The van der Waals surface area contributed by atoms with Crippen molar-refractivity contribution in [1.82, 2.24) is 9.97 Å². The summed E-state index contributed by atoms with van der Waals surface area (Å²) in [6.45, 7) is 1.56. The minimum Gasteiger partial charge on any atom is -0.371 e. The maximum absolute atomic E-state index is 11.6. The number of hydrogen-bond donors (Lipinski definition) is 4. The Bertz CT molecular complexity index is 912. The van der Waals surface area contributed by atoms with E-state index in [0.717, 1.165) is 43.6 Å². The number of nitrogens with one attached hydrogen (secondary N) is 2. The fourth-order valence-corrected chi connectivity index (χ4v) is 3.48. The molecule has 29 heavy (non-hydrogen) atoms. The molecule has 2 amide bonds. The number of benzene rings is 1. The Morgan fingerprint density at radius 2 is 1.86 bits per heavy atom. The first kappa shape index (κ1) is 19.0. The van der Waals surface area contributed by atoms with E-state index in [-0.39, 0.29) is 17.4 Å². The predicted molar refractivity (Wildman–Crippen MR) is 111 cm³/mol. The first-order chi connectivity index (χ1) is 14.0. The highest BCUT2D eigenvalue weighted by Gasteiger charge is 2.25. The lowest BCUT2D eigenvalue weighted by Gasteiger charge is -2.33. The summed E-state index contributed by atoms with van der Waals surface area (Å²) in [6, 6.07) is 8.19. The van der Waals surface area contributed by atoms with Crippen LogP contribution in [0.3, 0.4) is 0 Å². The molecule has 0 bridgehead atoms. The minimum absolute atomic E-state index is 0.101. The van der Waals surface area contributed by atoms with Crippen LogP contribution in [0.25, 0.3) is 0 Å². The summed E-state index contributed by atoms with van der Waals surface area (Å²) in [5.74, 6) is -0.0475. The lowest BCUT2D eigenvalue weighted by atomic mass is 9.97. The van der Waals surface area contributed by atoms with Gasteiger partial charge in [0.25, 0.3) is 5.91 Å². The number of hydrogen-bond acceptors (Lipinski definition) is 7. The normalized spacial score (nSPS) is 18.9. The number of aromatic nitrogens is 2. The molecule has 2 heterocycles. The van der Waals surface area contributed by atoms with Gasteiger partial charge in [-0.1, -0.05) is 0 Å². The van der Waals surface area contributed by atoms with Crippen molar-refractivity contribution < 1.29 is 9.59 Å². The third kappa shape index (κ3) is 4.56. The lowest BCUT2D eigenvalue weighted by molar-refractivity contribution is -0.122. The SMILES string of the molecule is NC(=O)c1cnc(Nc2ccc(N3CCCC(C(N)=O)C3)cc2)nc1NC1CC1. The predicted octanol–water partition coefficient (Wildman–Crippen LogP) is 1.60. The van der Waals surface area contributed by atoms with E-state index in [1.54, 1.807) is 0 Å². The zero-order valence-electron chi connectivity index (χ0n) is 16.1. The molecule has 2 fully saturated rings. The summed E-state index contributed by atoms with van der Waals surface area (Å²) in [5.41, 5.74) is 13.0. The Morgan fingerprint density at radius 3 is 2.52 bits per heavy atom. The van der Waals surface area contributed by atoms with Crippen molar-refractivity contribution in [2.75, 3.05) is 28.6 Å². The van der Waals surface area contributed by atoms with Crippen molar-refractivity contribution >= 4 is 35.0 Å². The summed E-state index contributed by atoms with van der Waals surface area (Å²) in [4.78, 5) is 33.9. The zero-order chi connectivity index (χ0) is 20.4. The molecule has 4 rings (SSSR count). The van der Waals surface area contributed by atoms with E-state index in [4.69, 9.17) is 11.5 Å². The standard InChI is InChI=1S/C20H25N7O2/c21-17(28)12-2-1-9-27(11-12)15-7-5-14(6-8-15)25-20-23-10-16(18(22)29)19(26-20)24-13-3-4-13/h5-8,10,12-13H,1-4,9,11H2,(H2,21,28)(H2,22,29)(H2,23,24,25,26). The van der Waals surface area contributed by atoms with Crippen molar-refractivity contribution in [3.05, 3.63) is 36.0 Å². The van der Waals surface area contributed by atoms with E-state index in [9.17, 15) is 9.59 Å². The van der Waals surface area contributed by atoms with Gasteiger partial charge in [0.2, 0.25) is 11.9 Å². The number of carbonyl (C=O) groups excluding carboxylic acids is 2. The second-order valence-electron chi connectivity index (χ2n) is 7.60. The number of nitrogens with two attached hydrogens (primary N) is 2. The first-order valence-corrected chi connectivity index (χ1v) is 9.84. The molecule has 0 spiro atoms. The zero-order valence-corrected chi connectivity index (χ0v) is 16.1. The average molecular weight is 395 g/mol. The molecule has 9 heteroatoms. The summed E-state index contributed by atoms with van der Waals surface area (Å²) in [5, 5.41) is 6.38. The largest absolute Gasteiger partial charge is 0.371 e. The topological polar surface area (TPSA) is 139 Å². The molecular formula is C20H25N7O2. The van der Waals surface area contributed by atoms with Crippen LogP contribution in [0.2, 0.25) is 0 Å². The molecule has 1 saturated heterocycles. The van der Waals surface area contributed by atoms with Crippen LogP contribution < -0.4 is 27.0 Å². The molecule has 9 nitrogen and oxygen atoms in total. The molecule has 1 unspecified atom stereocenters. The summed E-state index contributed by atoms with van der Waals surface area (Å²) in [7, 11) is 0. The molecule has 2 aliphatic rings.